The van der Waals surface area contributed by atoms with Crippen LogP contribution in [-0.4, -0.2) is 0 Å². The maximum atomic E-state index is 10.0. The van der Waals surface area contributed by atoms with E-state index in [1.54, 1.807) is 0 Å². The lowest BCUT2D eigenvalue weighted by Gasteiger charge is -2.11. The van der Waals surface area contributed by atoms with Crippen molar-refractivity contribution in [2.24, 2.45) is 11.3 Å². The number of rotatable bonds is 4. The van der Waals surface area contributed by atoms with Gasteiger partial charge >= 0.3 is 0 Å². The minimum Gasteiger partial charge on any atom is -0.356 e. The van der Waals surface area contributed by atoms with Gasteiger partial charge in [0.05, 0.1) is 0 Å². The zero-order valence-electron chi connectivity index (χ0n) is 7.22. The molecule has 0 saturated heterocycles. The fraction of sp³-hybridized carbons (Fsp3) is 0.400. The van der Waals surface area contributed by atoms with Crippen molar-refractivity contribution in [3.8, 4) is 0 Å². The van der Waals surface area contributed by atoms with Gasteiger partial charge in [-0.15, -0.1) is 4.91 Å². The molecule has 0 bridgehead atoms. The van der Waals surface area contributed by atoms with Gasteiger partial charge in [0.25, 0.3) is 0 Å². The van der Waals surface area contributed by atoms with Gasteiger partial charge < -0.3 is 4.84 Å². The first-order chi connectivity index (χ1) is 6.42. The second-order valence-corrected chi connectivity index (χ2v) is 3.35. The van der Waals surface area contributed by atoms with Gasteiger partial charge in [0.15, 0.2) is 11.4 Å². The second-order valence-electron chi connectivity index (χ2n) is 3.35. The number of nitrogens with zero attached hydrogens (tertiary/aromatic N) is 1. The van der Waals surface area contributed by atoms with Crippen LogP contribution in [0, 0.1) is 10.8 Å². The van der Waals surface area contributed by atoms with Gasteiger partial charge in [-0.1, -0.05) is 30.3 Å². The van der Waals surface area contributed by atoms with E-state index >= 15 is 0 Å². The van der Waals surface area contributed by atoms with Crippen molar-refractivity contribution in [3.05, 3.63) is 40.8 Å². The van der Waals surface area contributed by atoms with E-state index in [-0.39, 0.29) is 6.10 Å². The van der Waals surface area contributed by atoms with E-state index in [9.17, 15) is 4.91 Å². The minimum absolute atomic E-state index is 0.126. The Balaban J connectivity index is 2.14. The molecule has 0 aliphatic heterocycles. The predicted octanol–water partition coefficient (Wildman–Crippen LogP) is 2.84. The van der Waals surface area contributed by atoms with Gasteiger partial charge in [0.2, 0.25) is 0 Å². The van der Waals surface area contributed by atoms with Crippen molar-refractivity contribution >= 4 is 0 Å². The van der Waals surface area contributed by atoms with E-state index < -0.39 is 0 Å². The molecule has 3 heteroatoms. The zero-order valence-corrected chi connectivity index (χ0v) is 7.22. The molecule has 0 N–H and O–H groups in total. The molecule has 1 aliphatic carbocycles. The molecule has 68 valence electrons. The molecular formula is C10H11NO2. The monoisotopic (exact) mass is 177 g/mol. The van der Waals surface area contributed by atoms with Crippen LogP contribution in [0.2, 0.25) is 0 Å². The number of hydrogen-bond acceptors (Lipinski definition) is 3. The van der Waals surface area contributed by atoms with Crippen molar-refractivity contribution in [2.75, 3.05) is 0 Å². The molecule has 1 aliphatic rings. The fourth-order valence-electron chi connectivity index (χ4n) is 1.51. The molecule has 0 unspecified atom stereocenters. The Morgan fingerprint density at radius 1 is 1.31 bits per heavy atom. The first-order valence-electron chi connectivity index (χ1n) is 4.45. The summed E-state index contributed by atoms with van der Waals surface area (Å²) in [6, 6.07) is 9.77. The molecule has 1 atom stereocenters. The fourth-order valence-corrected chi connectivity index (χ4v) is 1.51. The van der Waals surface area contributed by atoms with Gasteiger partial charge in [0.1, 0.15) is 0 Å². The maximum absolute atomic E-state index is 10.0. The smallest absolute Gasteiger partial charge is 0.158 e. The van der Waals surface area contributed by atoms with Crippen LogP contribution >= 0.6 is 0 Å². The van der Waals surface area contributed by atoms with Gasteiger partial charge in [-0.25, -0.2) is 0 Å². The Morgan fingerprint density at radius 2 is 2.00 bits per heavy atom. The Labute approximate surface area is 76.6 Å². The largest absolute Gasteiger partial charge is 0.356 e. The summed E-state index contributed by atoms with van der Waals surface area (Å²) < 4.78 is 0. The molecule has 3 nitrogen and oxygen atoms in total. The topological polar surface area (TPSA) is 38.7 Å². The molecule has 13 heavy (non-hydrogen) atoms. The summed E-state index contributed by atoms with van der Waals surface area (Å²) in [4.78, 5) is 14.9. The molecule has 0 radical (unpaired) electrons. The molecule has 0 heterocycles. The molecule has 0 amide bonds. The zero-order chi connectivity index (χ0) is 9.10. The van der Waals surface area contributed by atoms with Crippen LogP contribution in [0.5, 0.6) is 0 Å². The summed E-state index contributed by atoms with van der Waals surface area (Å²) in [7, 11) is 0. The molecule has 1 fully saturated rings. The van der Waals surface area contributed by atoms with Crippen molar-refractivity contribution in [1.82, 2.24) is 0 Å². The highest BCUT2D eigenvalue weighted by Crippen LogP contribution is 2.43. The van der Waals surface area contributed by atoms with E-state index in [2.05, 4.69) is 5.34 Å². The minimum atomic E-state index is -0.126. The summed E-state index contributed by atoms with van der Waals surface area (Å²) in [6.45, 7) is 0. The summed E-state index contributed by atoms with van der Waals surface area (Å²) >= 11 is 0. The van der Waals surface area contributed by atoms with Crippen LogP contribution in [0.25, 0.3) is 0 Å². The van der Waals surface area contributed by atoms with Crippen molar-refractivity contribution < 1.29 is 4.84 Å². The summed E-state index contributed by atoms with van der Waals surface area (Å²) in [5, 5.41) is 2.52. The Morgan fingerprint density at radius 3 is 2.54 bits per heavy atom. The molecular weight excluding hydrogens is 166 g/mol. The molecule has 1 saturated carbocycles. The van der Waals surface area contributed by atoms with Crippen molar-refractivity contribution in [3.63, 3.8) is 0 Å². The van der Waals surface area contributed by atoms with E-state index in [1.807, 2.05) is 30.3 Å². The lowest BCUT2D eigenvalue weighted by Crippen LogP contribution is -2.02. The molecule has 1 aromatic carbocycles. The molecule has 0 spiro atoms. The third-order valence-electron chi connectivity index (χ3n) is 2.33. The quantitative estimate of drug-likeness (QED) is 0.524. The highest BCUT2D eigenvalue weighted by Gasteiger charge is 2.34. The van der Waals surface area contributed by atoms with Crippen LogP contribution in [0.1, 0.15) is 24.5 Å². The highest BCUT2D eigenvalue weighted by atomic mass is 16.7. The standard InChI is InChI=1S/C10H11NO2/c12-11-13-10(9-6-7-9)8-4-2-1-3-5-8/h1-5,9-10H,6-7H2/t10-/m1/s1. The van der Waals surface area contributed by atoms with Crippen LogP contribution in [0.4, 0.5) is 0 Å². The molecule has 0 aromatic heterocycles. The number of benzene rings is 1. The third-order valence-corrected chi connectivity index (χ3v) is 2.33. The van der Waals surface area contributed by atoms with E-state index in [1.165, 1.54) is 0 Å². The Kier molecular flexibility index (Phi) is 2.25. The van der Waals surface area contributed by atoms with Crippen LogP contribution in [-0.2, 0) is 4.84 Å². The summed E-state index contributed by atoms with van der Waals surface area (Å²) in [5.74, 6) is 0.486. The third kappa shape index (κ3) is 1.86. The van der Waals surface area contributed by atoms with Crippen LogP contribution < -0.4 is 0 Å². The predicted molar refractivity (Wildman–Crippen MR) is 48.8 cm³/mol. The first-order valence-corrected chi connectivity index (χ1v) is 4.45. The van der Waals surface area contributed by atoms with E-state index in [0.29, 0.717) is 5.92 Å². The first kappa shape index (κ1) is 8.23. The van der Waals surface area contributed by atoms with Crippen molar-refractivity contribution in [2.45, 2.75) is 18.9 Å². The van der Waals surface area contributed by atoms with Gasteiger partial charge in [0, 0.05) is 5.92 Å². The van der Waals surface area contributed by atoms with E-state index in [0.717, 1.165) is 18.4 Å². The van der Waals surface area contributed by atoms with Gasteiger partial charge in [-0.3, -0.25) is 0 Å². The van der Waals surface area contributed by atoms with Crippen LogP contribution in [0.3, 0.4) is 0 Å². The average molecular weight is 177 g/mol. The maximum Gasteiger partial charge on any atom is 0.158 e. The average Bonchev–Trinajstić information content (AvgIpc) is 2.99. The highest BCUT2D eigenvalue weighted by molar-refractivity contribution is 5.19. The Hall–Kier alpha value is -1.38. The summed E-state index contributed by atoms with van der Waals surface area (Å²) in [6.07, 6.45) is 2.14. The molecule has 2 rings (SSSR count). The van der Waals surface area contributed by atoms with Gasteiger partial charge in [-0.05, 0) is 18.4 Å². The lowest BCUT2D eigenvalue weighted by molar-refractivity contribution is 0.0387. The molecule has 1 aromatic rings. The number of hydrogen-bond donors (Lipinski definition) is 0. The lowest BCUT2D eigenvalue weighted by atomic mass is 10.1. The normalized spacial score (nSPS) is 17.8. The Bertz CT molecular complexity index is 282. The van der Waals surface area contributed by atoms with Crippen LogP contribution in [0.15, 0.2) is 35.7 Å². The van der Waals surface area contributed by atoms with Gasteiger partial charge in [-0.2, -0.15) is 0 Å². The van der Waals surface area contributed by atoms with E-state index in [4.69, 9.17) is 4.84 Å². The SMILES string of the molecule is O=NO[C@H](c1ccccc1)C1CC1. The second kappa shape index (κ2) is 3.56. The van der Waals surface area contributed by atoms with Crippen molar-refractivity contribution in [1.29, 1.82) is 0 Å². The summed E-state index contributed by atoms with van der Waals surface area (Å²) in [5.41, 5.74) is 1.05.